The van der Waals surface area contributed by atoms with Crippen LogP contribution in [0.4, 0.5) is 10.1 Å². The number of aromatic amines is 1. The molecule has 2 aliphatic heterocycles. The van der Waals surface area contributed by atoms with Crippen LogP contribution in [-0.2, 0) is 24.9 Å². The van der Waals surface area contributed by atoms with Crippen molar-refractivity contribution >= 4 is 50.1 Å². The lowest BCUT2D eigenvalue weighted by Crippen LogP contribution is -2.29. The Balaban J connectivity index is 0.00000100. The number of benzene rings is 3. The van der Waals surface area contributed by atoms with Crippen molar-refractivity contribution in [3.05, 3.63) is 118 Å². The van der Waals surface area contributed by atoms with Crippen LogP contribution in [0.2, 0.25) is 0 Å². The van der Waals surface area contributed by atoms with E-state index in [1.54, 1.807) is 19.1 Å². The number of ether oxygens (including phenoxy) is 2. The van der Waals surface area contributed by atoms with Gasteiger partial charge in [0.1, 0.15) is 29.3 Å². The van der Waals surface area contributed by atoms with E-state index in [1.807, 2.05) is 62.5 Å². The number of nitriles is 1. The van der Waals surface area contributed by atoms with Crippen molar-refractivity contribution < 1.29 is 23.1 Å². The summed E-state index contributed by atoms with van der Waals surface area (Å²) in [6.45, 7) is 8.15. The Bertz CT molecular complexity index is 2640. The Labute approximate surface area is 316 Å². The van der Waals surface area contributed by atoms with Crippen LogP contribution in [-0.4, -0.2) is 61.8 Å². The average molecular weight is 739 g/mol. The molecule has 1 fully saturated rings. The lowest BCUT2D eigenvalue weighted by molar-refractivity contribution is 0.0367. The Hall–Kier alpha value is -6.36. The second-order valence-electron chi connectivity index (χ2n) is 13.8. The molecular weight excluding hydrogens is 700 g/mol. The molecule has 6 heterocycles. The molecular formula is C42H39FN8O4. The zero-order valence-electron chi connectivity index (χ0n) is 30.8. The molecule has 0 spiro atoms. The summed E-state index contributed by atoms with van der Waals surface area (Å²) in [6, 6.07) is 22.0. The summed E-state index contributed by atoms with van der Waals surface area (Å²) >= 11 is 0. The highest BCUT2D eigenvalue weighted by molar-refractivity contribution is 6.07. The van der Waals surface area contributed by atoms with E-state index in [4.69, 9.17) is 23.9 Å². The first-order valence-electron chi connectivity index (χ1n) is 18.2. The van der Waals surface area contributed by atoms with Gasteiger partial charge in [0.2, 0.25) is 5.88 Å². The summed E-state index contributed by atoms with van der Waals surface area (Å²) in [5.74, 6) is 1.21. The maximum Gasteiger partial charge on any atom is 0.255 e. The van der Waals surface area contributed by atoms with Gasteiger partial charge < -0.3 is 23.8 Å². The number of aryl methyl sites for hydroxylation is 3. The molecule has 0 aliphatic carbocycles. The molecule has 55 heavy (non-hydrogen) atoms. The van der Waals surface area contributed by atoms with Gasteiger partial charge in [0.25, 0.3) is 5.91 Å². The number of nitrogens with one attached hydrogen (secondary N) is 2. The molecule has 0 radical (unpaired) electrons. The number of carbonyl (C=O) groups is 1. The van der Waals surface area contributed by atoms with Crippen LogP contribution < -0.4 is 10.1 Å². The van der Waals surface area contributed by atoms with Crippen molar-refractivity contribution in [2.75, 3.05) is 31.6 Å². The number of fused-ring (bicyclic) bond motifs is 3. The SMILES string of the molecule is C1COC1.Cc1cc2c(C#N)ccc(COc3cccc(C4=CCN(Cc5nc6cc(NC(=O)c7cc(F)c8n[nH]c(C)c8c7)ccc6n5C)CC4)n3)c2o1. The zero-order chi connectivity index (χ0) is 38.1. The molecule has 278 valence electrons. The van der Waals surface area contributed by atoms with Crippen molar-refractivity contribution in [2.45, 2.75) is 39.8 Å². The van der Waals surface area contributed by atoms with E-state index < -0.39 is 11.7 Å². The fourth-order valence-corrected chi connectivity index (χ4v) is 6.77. The van der Waals surface area contributed by atoms with Gasteiger partial charge in [-0.1, -0.05) is 18.2 Å². The van der Waals surface area contributed by atoms with E-state index in [9.17, 15) is 14.4 Å². The van der Waals surface area contributed by atoms with Crippen molar-refractivity contribution in [3.8, 4) is 11.9 Å². The first-order valence-corrected chi connectivity index (χ1v) is 18.2. The number of aromatic nitrogens is 5. The number of H-pyrrole nitrogens is 1. The Kier molecular flexibility index (Phi) is 9.84. The molecule has 1 amide bonds. The van der Waals surface area contributed by atoms with Gasteiger partial charge in [-0.25, -0.2) is 14.4 Å². The molecule has 7 aromatic rings. The highest BCUT2D eigenvalue weighted by Crippen LogP contribution is 2.29. The maximum absolute atomic E-state index is 14.6. The molecule has 9 rings (SSSR count). The fraction of sp³-hybridized carbons (Fsp3) is 0.262. The van der Waals surface area contributed by atoms with Crippen LogP contribution in [0, 0.1) is 31.0 Å². The van der Waals surface area contributed by atoms with Crippen LogP contribution in [0.5, 0.6) is 5.88 Å². The van der Waals surface area contributed by atoms with Gasteiger partial charge in [-0.05, 0) is 80.8 Å². The molecule has 2 N–H and O–H groups in total. The van der Waals surface area contributed by atoms with Crippen molar-refractivity contribution in [3.63, 3.8) is 0 Å². The third-order valence-corrected chi connectivity index (χ3v) is 9.97. The van der Waals surface area contributed by atoms with E-state index >= 15 is 0 Å². The van der Waals surface area contributed by atoms with Gasteiger partial charge in [0, 0.05) is 72.7 Å². The van der Waals surface area contributed by atoms with E-state index in [0.29, 0.717) is 40.3 Å². The summed E-state index contributed by atoms with van der Waals surface area (Å²) < 4.78 is 33.3. The Morgan fingerprint density at radius 3 is 2.67 bits per heavy atom. The number of imidazole rings is 1. The third kappa shape index (κ3) is 7.42. The number of amides is 1. The highest BCUT2D eigenvalue weighted by atomic mass is 19.1. The summed E-state index contributed by atoms with van der Waals surface area (Å²) in [7, 11) is 1.99. The molecule has 13 heteroatoms. The van der Waals surface area contributed by atoms with Gasteiger partial charge in [0.05, 0.1) is 34.9 Å². The Morgan fingerprint density at radius 2 is 1.91 bits per heavy atom. The zero-order valence-corrected chi connectivity index (χ0v) is 30.8. The van der Waals surface area contributed by atoms with Gasteiger partial charge >= 0.3 is 0 Å². The topological polar surface area (TPSA) is 147 Å². The lowest BCUT2D eigenvalue weighted by atomic mass is 10.0. The predicted octanol–water partition coefficient (Wildman–Crippen LogP) is 7.75. The number of halogens is 1. The number of furan rings is 1. The minimum Gasteiger partial charge on any atom is -0.473 e. The largest absolute Gasteiger partial charge is 0.473 e. The van der Waals surface area contributed by atoms with E-state index in [-0.39, 0.29) is 17.7 Å². The smallest absolute Gasteiger partial charge is 0.255 e. The summed E-state index contributed by atoms with van der Waals surface area (Å²) in [5, 5.41) is 20.4. The molecule has 0 bridgehead atoms. The number of pyridine rings is 1. The number of hydrogen-bond acceptors (Lipinski definition) is 9. The van der Waals surface area contributed by atoms with Crippen LogP contribution in [0.1, 0.15) is 57.3 Å². The number of rotatable bonds is 8. The molecule has 0 saturated carbocycles. The summed E-state index contributed by atoms with van der Waals surface area (Å²) in [5.41, 5.74) is 7.54. The van der Waals surface area contributed by atoms with Gasteiger partial charge in [-0.2, -0.15) is 10.4 Å². The van der Waals surface area contributed by atoms with E-state index in [1.165, 1.54) is 12.5 Å². The molecule has 0 atom stereocenters. The van der Waals surface area contributed by atoms with Crippen molar-refractivity contribution in [1.82, 2.24) is 29.6 Å². The summed E-state index contributed by atoms with van der Waals surface area (Å²) in [6.07, 6.45) is 4.30. The molecule has 3 aromatic carbocycles. The third-order valence-electron chi connectivity index (χ3n) is 9.97. The minimum absolute atomic E-state index is 0.214. The maximum atomic E-state index is 14.6. The van der Waals surface area contributed by atoms with Crippen LogP contribution in [0.3, 0.4) is 0 Å². The summed E-state index contributed by atoms with van der Waals surface area (Å²) in [4.78, 5) is 25.1. The number of hydrogen-bond donors (Lipinski definition) is 2. The molecule has 12 nitrogen and oxygen atoms in total. The van der Waals surface area contributed by atoms with Crippen LogP contribution in [0.15, 0.2) is 77.2 Å². The first-order chi connectivity index (χ1) is 26.7. The van der Waals surface area contributed by atoms with Crippen molar-refractivity contribution in [2.24, 2.45) is 7.05 Å². The Morgan fingerprint density at radius 1 is 1.07 bits per heavy atom. The highest BCUT2D eigenvalue weighted by Gasteiger charge is 2.19. The van der Waals surface area contributed by atoms with E-state index in [0.717, 1.165) is 77.6 Å². The van der Waals surface area contributed by atoms with Crippen LogP contribution in [0.25, 0.3) is 38.5 Å². The first kappa shape index (κ1) is 35.7. The van der Waals surface area contributed by atoms with E-state index in [2.05, 4.69) is 37.1 Å². The molecule has 1 saturated heterocycles. The molecule has 4 aromatic heterocycles. The molecule has 2 aliphatic rings. The minimum atomic E-state index is -0.548. The second kappa shape index (κ2) is 15.2. The van der Waals surface area contributed by atoms with Gasteiger partial charge in [0.15, 0.2) is 5.82 Å². The molecule has 0 unspecified atom stereocenters. The predicted molar refractivity (Wildman–Crippen MR) is 207 cm³/mol. The van der Waals surface area contributed by atoms with Crippen LogP contribution >= 0.6 is 0 Å². The van der Waals surface area contributed by atoms with Gasteiger partial charge in [-0.3, -0.25) is 14.8 Å². The van der Waals surface area contributed by atoms with Crippen molar-refractivity contribution in [1.29, 1.82) is 5.26 Å². The lowest BCUT2D eigenvalue weighted by Gasteiger charge is -2.25. The quantitative estimate of drug-likeness (QED) is 0.160. The fourth-order valence-electron chi connectivity index (χ4n) is 6.77. The average Bonchev–Trinajstić information content (AvgIpc) is 3.84. The number of nitrogens with zero attached hydrogens (tertiary/aromatic N) is 6. The second-order valence-corrected chi connectivity index (χ2v) is 13.8. The number of carbonyl (C=O) groups excluding carboxylic acids is 1. The number of anilines is 1. The standard InChI is InChI=1S/C39H33FN8O3.C3H6O/c1-22-15-30-25(19-41)7-8-26(38(30)51-22)21-50-36-6-4-5-32(44-36)24-11-13-48(14-12-24)20-35-43-33-18-28(9-10-34(33)47(35)3)42-39(49)27-16-29-23(2)45-46-37(29)31(40)17-27;1-2-4-3-1/h4-11,15-18H,12-14,20-21H2,1-3H3,(H,42,49)(H,45,46);1-3H2. The monoisotopic (exact) mass is 738 g/mol. The van der Waals surface area contributed by atoms with Gasteiger partial charge in [-0.15, -0.1) is 0 Å². The normalized spacial score (nSPS) is 14.3.